The number of rotatable bonds is 7. The van der Waals surface area contributed by atoms with Crippen LogP contribution in [0.15, 0.2) is 30.8 Å². The Morgan fingerprint density at radius 1 is 1.15 bits per heavy atom. The van der Waals surface area contributed by atoms with Crippen LogP contribution < -0.4 is 5.32 Å². The summed E-state index contributed by atoms with van der Waals surface area (Å²) in [6.07, 6.45) is 2.30. The van der Waals surface area contributed by atoms with E-state index in [4.69, 9.17) is 0 Å². The first-order valence-corrected chi connectivity index (χ1v) is 7.80. The van der Waals surface area contributed by atoms with Crippen LogP contribution in [-0.2, 0) is 0 Å². The summed E-state index contributed by atoms with van der Waals surface area (Å²) in [6.45, 7) is 19.0. The molecule has 1 aromatic rings. The fraction of sp³-hybridized carbons (Fsp3) is 0.579. The molecular formula is C19H31N. The number of hydrogen-bond donors (Lipinski definition) is 1. The quantitative estimate of drug-likeness (QED) is 0.719. The van der Waals surface area contributed by atoms with Crippen LogP contribution in [0.25, 0.3) is 5.57 Å². The molecular weight excluding hydrogens is 242 g/mol. The molecule has 0 spiro atoms. The number of nitrogens with one attached hydrogen (secondary N) is 1. The van der Waals surface area contributed by atoms with Crippen molar-refractivity contribution in [1.82, 2.24) is 5.32 Å². The minimum Gasteiger partial charge on any atom is -0.311 e. The molecule has 0 radical (unpaired) electrons. The van der Waals surface area contributed by atoms with Crippen LogP contribution in [0, 0.1) is 12.3 Å². The molecule has 1 nitrogen and oxygen atoms in total. The summed E-state index contributed by atoms with van der Waals surface area (Å²) >= 11 is 0. The first-order valence-electron chi connectivity index (χ1n) is 7.80. The molecule has 0 aliphatic carbocycles. The van der Waals surface area contributed by atoms with Gasteiger partial charge >= 0.3 is 0 Å². The van der Waals surface area contributed by atoms with Crippen molar-refractivity contribution < 1.29 is 0 Å². The van der Waals surface area contributed by atoms with Gasteiger partial charge in [-0.15, -0.1) is 0 Å². The molecule has 0 bridgehead atoms. The molecule has 1 rings (SSSR count). The van der Waals surface area contributed by atoms with E-state index in [-0.39, 0.29) is 11.0 Å². The van der Waals surface area contributed by atoms with Gasteiger partial charge in [0.15, 0.2) is 0 Å². The summed E-state index contributed by atoms with van der Waals surface area (Å²) < 4.78 is 0. The van der Waals surface area contributed by atoms with E-state index in [1.165, 1.54) is 16.7 Å². The van der Waals surface area contributed by atoms with Gasteiger partial charge in [-0.1, -0.05) is 58.0 Å². The van der Waals surface area contributed by atoms with Gasteiger partial charge in [-0.05, 0) is 50.4 Å². The molecule has 1 atom stereocenters. The monoisotopic (exact) mass is 273 g/mol. The lowest BCUT2D eigenvalue weighted by atomic mass is 9.63. The van der Waals surface area contributed by atoms with Crippen molar-refractivity contribution in [2.75, 3.05) is 6.54 Å². The molecule has 0 aromatic heterocycles. The van der Waals surface area contributed by atoms with Gasteiger partial charge in [0, 0.05) is 11.0 Å². The number of aryl methyl sites for hydroxylation is 1. The van der Waals surface area contributed by atoms with Gasteiger partial charge < -0.3 is 5.32 Å². The van der Waals surface area contributed by atoms with Crippen molar-refractivity contribution in [3.05, 3.63) is 42.0 Å². The van der Waals surface area contributed by atoms with Crippen LogP contribution >= 0.6 is 0 Å². The summed E-state index contributed by atoms with van der Waals surface area (Å²) in [4.78, 5) is 0. The lowest BCUT2D eigenvalue weighted by Gasteiger charge is -2.47. The Balaban J connectivity index is 3.26. The van der Waals surface area contributed by atoms with E-state index < -0.39 is 0 Å². The van der Waals surface area contributed by atoms with Crippen molar-refractivity contribution in [1.29, 1.82) is 0 Å². The second kappa shape index (κ2) is 6.58. The highest BCUT2D eigenvalue weighted by Gasteiger charge is 2.42. The van der Waals surface area contributed by atoms with E-state index in [2.05, 4.69) is 77.7 Å². The normalized spacial score (nSPS) is 14.9. The smallest absolute Gasteiger partial charge is 0.0218 e. The van der Waals surface area contributed by atoms with Gasteiger partial charge in [0.25, 0.3) is 0 Å². The van der Waals surface area contributed by atoms with Gasteiger partial charge in [0.05, 0.1) is 0 Å². The third-order valence-electron chi connectivity index (χ3n) is 4.88. The molecule has 1 N–H and O–H groups in total. The van der Waals surface area contributed by atoms with Crippen molar-refractivity contribution in [3.8, 4) is 0 Å². The average molecular weight is 273 g/mol. The zero-order valence-corrected chi connectivity index (χ0v) is 14.1. The van der Waals surface area contributed by atoms with E-state index >= 15 is 0 Å². The Labute approximate surface area is 125 Å². The van der Waals surface area contributed by atoms with E-state index in [1.54, 1.807) is 0 Å². The molecule has 112 valence electrons. The Morgan fingerprint density at radius 3 is 2.25 bits per heavy atom. The Hall–Kier alpha value is -1.08. The highest BCUT2D eigenvalue weighted by molar-refractivity contribution is 5.71. The summed E-state index contributed by atoms with van der Waals surface area (Å²) in [5.41, 5.74) is 3.94. The predicted octanol–water partition coefficient (Wildman–Crippen LogP) is 5.20. The molecule has 1 aromatic carbocycles. The van der Waals surface area contributed by atoms with Crippen LogP contribution in [0.2, 0.25) is 0 Å². The maximum absolute atomic E-state index is 4.49. The zero-order valence-electron chi connectivity index (χ0n) is 14.1. The fourth-order valence-corrected chi connectivity index (χ4v) is 3.19. The molecule has 0 aliphatic heterocycles. The van der Waals surface area contributed by atoms with Crippen molar-refractivity contribution in [2.24, 2.45) is 5.41 Å². The molecule has 20 heavy (non-hydrogen) atoms. The van der Waals surface area contributed by atoms with Gasteiger partial charge in [-0.25, -0.2) is 0 Å². The van der Waals surface area contributed by atoms with Crippen LogP contribution in [0.5, 0.6) is 0 Å². The highest BCUT2D eigenvalue weighted by Crippen LogP contribution is 2.46. The largest absolute Gasteiger partial charge is 0.311 e. The van der Waals surface area contributed by atoms with Crippen molar-refractivity contribution in [2.45, 2.75) is 59.9 Å². The molecule has 0 aliphatic rings. The van der Waals surface area contributed by atoms with Crippen LogP contribution in [0.1, 0.15) is 58.6 Å². The van der Waals surface area contributed by atoms with Crippen LogP contribution in [-0.4, -0.2) is 12.1 Å². The van der Waals surface area contributed by atoms with Gasteiger partial charge in [0.1, 0.15) is 0 Å². The zero-order chi connectivity index (χ0) is 15.4. The number of hydrogen-bond acceptors (Lipinski definition) is 1. The summed E-state index contributed by atoms with van der Waals surface area (Å²) in [6, 6.07) is 8.58. The highest BCUT2D eigenvalue weighted by atomic mass is 15.0. The van der Waals surface area contributed by atoms with Crippen molar-refractivity contribution in [3.63, 3.8) is 0 Å². The van der Waals surface area contributed by atoms with Gasteiger partial charge in [0.2, 0.25) is 0 Å². The maximum atomic E-state index is 4.49. The Bertz CT molecular complexity index is 459. The molecule has 0 saturated carbocycles. The summed E-state index contributed by atoms with van der Waals surface area (Å²) in [7, 11) is 0. The third kappa shape index (κ3) is 3.15. The minimum atomic E-state index is 0.0249. The standard InChI is InChI=1S/C19H31N/c1-8-14-19(7,18(5,6)20-9-2)16(4)17-13-11-10-12-15(17)3/h10-13,20H,4,8-9,14H2,1-3,5-7H3. The maximum Gasteiger partial charge on any atom is 0.0218 e. The molecule has 0 saturated heterocycles. The van der Waals surface area contributed by atoms with Crippen LogP contribution in [0.3, 0.4) is 0 Å². The first kappa shape index (κ1) is 17.0. The summed E-state index contributed by atoms with van der Waals surface area (Å²) in [5.74, 6) is 0. The number of benzene rings is 1. The van der Waals surface area contributed by atoms with E-state index in [1.807, 2.05) is 0 Å². The minimum absolute atomic E-state index is 0.0249. The first-order chi connectivity index (χ1) is 9.30. The summed E-state index contributed by atoms with van der Waals surface area (Å²) in [5, 5.41) is 3.66. The molecule has 1 unspecified atom stereocenters. The van der Waals surface area contributed by atoms with E-state index in [9.17, 15) is 0 Å². The topological polar surface area (TPSA) is 12.0 Å². The van der Waals surface area contributed by atoms with Crippen molar-refractivity contribution >= 4 is 5.57 Å². The third-order valence-corrected chi connectivity index (χ3v) is 4.88. The van der Waals surface area contributed by atoms with Gasteiger partial charge in [-0.2, -0.15) is 0 Å². The van der Waals surface area contributed by atoms with Gasteiger partial charge in [-0.3, -0.25) is 0 Å². The molecule has 0 heterocycles. The predicted molar refractivity (Wildman–Crippen MR) is 91.0 cm³/mol. The Kier molecular flexibility index (Phi) is 5.59. The molecule has 0 amide bonds. The fourth-order valence-electron chi connectivity index (χ4n) is 3.19. The molecule has 1 heteroatoms. The second-order valence-electron chi connectivity index (χ2n) is 6.53. The lowest BCUT2D eigenvalue weighted by molar-refractivity contribution is 0.188. The molecule has 0 fully saturated rings. The second-order valence-corrected chi connectivity index (χ2v) is 6.53. The Morgan fingerprint density at radius 2 is 1.75 bits per heavy atom. The van der Waals surface area contributed by atoms with E-state index in [0.29, 0.717) is 0 Å². The average Bonchev–Trinajstić information content (AvgIpc) is 2.38. The van der Waals surface area contributed by atoms with Crippen LogP contribution in [0.4, 0.5) is 0 Å². The SMILES string of the molecule is C=C(c1ccccc1C)C(C)(CCC)C(C)(C)NCC. The lowest BCUT2D eigenvalue weighted by Crippen LogP contribution is -2.53. The van der Waals surface area contributed by atoms with E-state index in [0.717, 1.165) is 19.4 Å².